The van der Waals surface area contributed by atoms with Crippen LogP contribution in [0.5, 0.6) is 0 Å². The summed E-state index contributed by atoms with van der Waals surface area (Å²) >= 11 is 9.64. The summed E-state index contributed by atoms with van der Waals surface area (Å²) in [4.78, 5) is 25.8. The molecule has 0 aliphatic rings. The molecule has 0 aliphatic carbocycles. The van der Waals surface area contributed by atoms with E-state index in [-0.39, 0.29) is 5.15 Å². The van der Waals surface area contributed by atoms with Crippen LogP contribution in [0, 0.1) is 0 Å². The van der Waals surface area contributed by atoms with E-state index >= 15 is 0 Å². The SMILES string of the molecule is CC(C)(C)OC(=O)n1c(CBr)nc2c(Cl)nc(-c3ccccc3)nc21. The Balaban J connectivity index is 2.21. The van der Waals surface area contributed by atoms with Gasteiger partial charge in [-0.1, -0.05) is 57.9 Å². The molecule has 0 fully saturated rings. The molecule has 0 bridgehead atoms. The Hall–Kier alpha value is -1.99. The van der Waals surface area contributed by atoms with Gasteiger partial charge in [0, 0.05) is 5.56 Å². The maximum absolute atomic E-state index is 12.7. The van der Waals surface area contributed by atoms with Crippen molar-refractivity contribution in [3.05, 3.63) is 41.3 Å². The van der Waals surface area contributed by atoms with E-state index in [1.165, 1.54) is 4.57 Å². The van der Waals surface area contributed by atoms with Crippen LogP contribution in [0.2, 0.25) is 5.15 Å². The van der Waals surface area contributed by atoms with Gasteiger partial charge in [-0.3, -0.25) is 0 Å². The smallest absolute Gasteiger partial charge is 0.421 e. The van der Waals surface area contributed by atoms with Gasteiger partial charge in [-0.15, -0.1) is 0 Å². The van der Waals surface area contributed by atoms with Crippen molar-refractivity contribution < 1.29 is 9.53 Å². The molecule has 0 aliphatic heterocycles. The fourth-order valence-electron chi connectivity index (χ4n) is 2.28. The van der Waals surface area contributed by atoms with Gasteiger partial charge in [0.1, 0.15) is 16.9 Å². The number of carbonyl (C=O) groups is 1. The Morgan fingerprint density at radius 1 is 1.20 bits per heavy atom. The van der Waals surface area contributed by atoms with Crippen LogP contribution in [0.25, 0.3) is 22.6 Å². The molecule has 2 aromatic heterocycles. The minimum absolute atomic E-state index is 0.188. The monoisotopic (exact) mass is 422 g/mol. The molecule has 0 N–H and O–H groups in total. The average molecular weight is 424 g/mol. The molecule has 1 aromatic carbocycles. The third kappa shape index (κ3) is 3.67. The lowest BCUT2D eigenvalue weighted by atomic mass is 10.2. The summed E-state index contributed by atoms with van der Waals surface area (Å²) in [5.74, 6) is 0.870. The fourth-order valence-corrected chi connectivity index (χ4v) is 2.86. The summed E-state index contributed by atoms with van der Waals surface area (Å²) in [5.41, 5.74) is 0.837. The number of fused-ring (bicyclic) bond motifs is 1. The van der Waals surface area contributed by atoms with E-state index in [0.717, 1.165) is 5.56 Å². The van der Waals surface area contributed by atoms with Gasteiger partial charge >= 0.3 is 6.09 Å². The fraction of sp³-hybridized carbons (Fsp3) is 0.294. The van der Waals surface area contributed by atoms with Gasteiger partial charge in [0.05, 0.1) is 5.33 Å². The maximum Gasteiger partial charge on any atom is 0.421 e. The van der Waals surface area contributed by atoms with Gasteiger partial charge in [-0.25, -0.2) is 24.3 Å². The van der Waals surface area contributed by atoms with E-state index < -0.39 is 11.7 Å². The molecule has 0 radical (unpaired) electrons. The lowest BCUT2D eigenvalue weighted by Crippen LogP contribution is -2.28. The number of rotatable bonds is 2. The van der Waals surface area contributed by atoms with Crippen LogP contribution in [-0.4, -0.2) is 31.2 Å². The van der Waals surface area contributed by atoms with Gasteiger partial charge < -0.3 is 4.74 Å². The van der Waals surface area contributed by atoms with Crippen molar-refractivity contribution in [2.24, 2.45) is 0 Å². The number of benzene rings is 1. The molecule has 0 saturated heterocycles. The quantitative estimate of drug-likeness (QED) is 0.436. The van der Waals surface area contributed by atoms with Gasteiger partial charge in [-0.05, 0) is 20.8 Å². The third-order valence-electron chi connectivity index (χ3n) is 3.26. The average Bonchev–Trinajstić information content (AvgIpc) is 2.93. The lowest BCUT2D eigenvalue weighted by Gasteiger charge is -2.20. The van der Waals surface area contributed by atoms with E-state index in [0.29, 0.717) is 28.1 Å². The number of ether oxygens (including phenoxy) is 1. The van der Waals surface area contributed by atoms with Crippen molar-refractivity contribution in [1.82, 2.24) is 19.5 Å². The summed E-state index contributed by atoms with van der Waals surface area (Å²) < 4.78 is 6.81. The summed E-state index contributed by atoms with van der Waals surface area (Å²) in [5, 5.41) is 0.535. The molecule has 0 atom stereocenters. The topological polar surface area (TPSA) is 69.9 Å². The third-order valence-corrected chi connectivity index (χ3v) is 4.03. The standard InChI is InChI=1S/C17H16BrClN4O2/c1-17(2,3)25-16(24)23-11(9-18)20-12-13(19)21-14(22-15(12)23)10-7-5-4-6-8-10/h4-8H,9H2,1-3H3. The Labute approximate surface area is 158 Å². The number of hydrogen-bond acceptors (Lipinski definition) is 5. The molecule has 6 nitrogen and oxygen atoms in total. The van der Waals surface area contributed by atoms with Crippen molar-refractivity contribution >= 4 is 44.8 Å². The molecule has 25 heavy (non-hydrogen) atoms. The first-order valence-corrected chi connectivity index (χ1v) is 9.09. The van der Waals surface area contributed by atoms with Gasteiger partial charge in [-0.2, -0.15) is 0 Å². The normalized spacial score (nSPS) is 11.7. The molecular weight excluding hydrogens is 408 g/mol. The zero-order valence-corrected chi connectivity index (χ0v) is 16.3. The number of aromatic nitrogens is 4. The largest absolute Gasteiger partial charge is 0.443 e. The van der Waals surface area contributed by atoms with Crippen LogP contribution in [0.1, 0.15) is 26.6 Å². The molecule has 130 valence electrons. The second-order valence-electron chi connectivity index (χ2n) is 6.35. The Kier molecular flexibility index (Phi) is 4.79. The first-order chi connectivity index (χ1) is 11.8. The summed E-state index contributed by atoms with van der Waals surface area (Å²) in [7, 11) is 0. The van der Waals surface area contributed by atoms with Crippen LogP contribution >= 0.6 is 27.5 Å². The molecule has 0 saturated carbocycles. The molecule has 0 amide bonds. The highest BCUT2D eigenvalue weighted by Gasteiger charge is 2.25. The Bertz CT molecular complexity index is 935. The highest BCUT2D eigenvalue weighted by Crippen LogP contribution is 2.27. The molecule has 2 heterocycles. The van der Waals surface area contributed by atoms with E-state index in [4.69, 9.17) is 16.3 Å². The number of hydrogen-bond donors (Lipinski definition) is 0. The highest BCUT2D eigenvalue weighted by molar-refractivity contribution is 9.08. The number of imidazole rings is 1. The first-order valence-electron chi connectivity index (χ1n) is 7.60. The molecule has 3 rings (SSSR count). The zero-order valence-electron chi connectivity index (χ0n) is 14.0. The minimum Gasteiger partial charge on any atom is -0.443 e. The van der Waals surface area contributed by atoms with Crippen LogP contribution in [0.15, 0.2) is 30.3 Å². The van der Waals surface area contributed by atoms with Crippen molar-refractivity contribution in [2.45, 2.75) is 31.7 Å². The molecular formula is C17H16BrClN4O2. The van der Waals surface area contributed by atoms with Crippen molar-refractivity contribution in [1.29, 1.82) is 0 Å². The minimum atomic E-state index is -0.643. The summed E-state index contributed by atoms with van der Waals surface area (Å²) in [6.07, 6.45) is -0.557. The molecule has 3 aromatic rings. The lowest BCUT2D eigenvalue weighted by molar-refractivity contribution is 0.0539. The molecule has 0 spiro atoms. The van der Waals surface area contributed by atoms with Crippen molar-refractivity contribution in [3.63, 3.8) is 0 Å². The van der Waals surface area contributed by atoms with Crippen LogP contribution in [0.4, 0.5) is 4.79 Å². The van der Waals surface area contributed by atoms with E-state index in [9.17, 15) is 4.79 Å². The van der Waals surface area contributed by atoms with Gasteiger partial charge in [0.2, 0.25) is 0 Å². The van der Waals surface area contributed by atoms with Crippen LogP contribution in [-0.2, 0) is 10.1 Å². The van der Waals surface area contributed by atoms with E-state index in [1.54, 1.807) is 20.8 Å². The predicted molar refractivity (Wildman–Crippen MR) is 100 cm³/mol. The number of halogens is 2. The van der Waals surface area contributed by atoms with Gasteiger partial charge in [0.25, 0.3) is 0 Å². The zero-order chi connectivity index (χ0) is 18.2. The van der Waals surface area contributed by atoms with E-state index in [2.05, 4.69) is 30.9 Å². The molecule has 8 heteroatoms. The number of carbonyl (C=O) groups excluding carboxylic acids is 1. The molecule has 0 unspecified atom stereocenters. The predicted octanol–water partition coefficient (Wildman–Crippen LogP) is 4.82. The van der Waals surface area contributed by atoms with E-state index in [1.807, 2.05) is 30.3 Å². The second-order valence-corrected chi connectivity index (χ2v) is 7.27. The summed E-state index contributed by atoms with van der Waals surface area (Å²) in [6, 6.07) is 9.41. The van der Waals surface area contributed by atoms with Gasteiger partial charge in [0.15, 0.2) is 16.6 Å². The van der Waals surface area contributed by atoms with Crippen LogP contribution < -0.4 is 0 Å². The van der Waals surface area contributed by atoms with Crippen LogP contribution in [0.3, 0.4) is 0 Å². The number of alkyl halides is 1. The Morgan fingerprint density at radius 3 is 2.48 bits per heavy atom. The summed E-state index contributed by atoms with van der Waals surface area (Å²) in [6.45, 7) is 5.40. The van der Waals surface area contributed by atoms with Crippen molar-refractivity contribution in [2.75, 3.05) is 0 Å². The second kappa shape index (κ2) is 6.72. The maximum atomic E-state index is 12.7. The number of nitrogens with zero attached hydrogens (tertiary/aromatic N) is 4. The Morgan fingerprint density at radius 2 is 1.88 bits per heavy atom. The highest BCUT2D eigenvalue weighted by atomic mass is 79.9. The van der Waals surface area contributed by atoms with Crippen molar-refractivity contribution in [3.8, 4) is 11.4 Å². The first kappa shape index (κ1) is 17.8.